The maximum atomic E-state index is 12.4. The quantitative estimate of drug-likeness (QED) is 0.293. The first kappa shape index (κ1) is 20.9. The topological polar surface area (TPSA) is 134 Å². The number of rotatable bonds is 7. The number of guanidine groups is 1. The van der Waals surface area contributed by atoms with Crippen molar-refractivity contribution in [3.05, 3.63) is 40.7 Å². The van der Waals surface area contributed by atoms with Crippen molar-refractivity contribution in [2.24, 2.45) is 4.99 Å². The molecule has 3 rings (SSSR count). The summed E-state index contributed by atoms with van der Waals surface area (Å²) in [4.78, 5) is 32.6. The maximum absolute atomic E-state index is 12.4. The molecule has 0 radical (unpaired) electrons. The summed E-state index contributed by atoms with van der Waals surface area (Å²) in [5.74, 6) is 0.674. The van der Waals surface area contributed by atoms with Crippen LogP contribution in [0.5, 0.6) is 0 Å². The van der Waals surface area contributed by atoms with Crippen LogP contribution in [0.25, 0.3) is 0 Å². The van der Waals surface area contributed by atoms with E-state index in [0.29, 0.717) is 24.9 Å². The van der Waals surface area contributed by atoms with Crippen molar-refractivity contribution < 1.29 is 4.79 Å². The molecule has 0 spiro atoms. The van der Waals surface area contributed by atoms with Crippen molar-refractivity contribution in [2.45, 2.75) is 31.5 Å². The summed E-state index contributed by atoms with van der Waals surface area (Å²) in [6.07, 6.45) is 4.03. The summed E-state index contributed by atoms with van der Waals surface area (Å²) in [6, 6.07) is 1.87. The van der Waals surface area contributed by atoms with Gasteiger partial charge in [0.25, 0.3) is 0 Å². The Balaban J connectivity index is 1.64. The van der Waals surface area contributed by atoms with Gasteiger partial charge >= 0.3 is 0 Å². The molecule has 0 fully saturated rings. The first-order valence-electron chi connectivity index (χ1n) is 8.81. The zero-order chi connectivity index (χ0) is 20.6. The van der Waals surface area contributed by atoms with Crippen molar-refractivity contribution in [1.29, 1.82) is 0 Å². The monoisotopic (exact) mass is 431 g/mol. The fourth-order valence-electron chi connectivity index (χ4n) is 2.34. The van der Waals surface area contributed by atoms with Crippen LogP contribution in [0.4, 0.5) is 5.95 Å². The second kappa shape index (κ2) is 10.1. The minimum atomic E-state index is -0.208. The lowest BCUT2D eigenvalue weighted by Gasteiger charge is -2.11. The number of H-pyrrole nitrogens is 1. The zero-order valence-corrected chi connectivity index (χ0v) is 17.9. The van der Waals surface area contributed by atoms with Crippen LogP contribution in [0.3, 0.4) is 0 Å². The fourth-order valence-corrected chi connectivity index (χ4v) is 3.96. The number of nitrogens with one attached hydrogen (secondary N) is 3. The van der Waals surface area contributed by atoms with Crippen molar-refractivity contribution in [3.8, 4) is 0 Å². The van der Waals surface area contributed by atoms with E-state index in [1.165, 1.54) is 23.1 Å². The highest BCUT2D eigenvalue weighted by atomic mass is 32.2. The molecule has 0 aliphatic heterocycles. The van der Waals surface area contributed by atoms with Crippen LogP contribution >= 0.6 is 23.1 Å². The van der Waals surface area contributed by atoms with Crippen LogP contribution < -0.4 is 10.6 Å². The normalized spacial score (nSPS) is 11.5. The number of aryl methyl sites for hydroxylation is 3. The Morgan fingerprint density at radius 1 is 1.24 bits per heavy atom. The highest BCUT2D eigenvalue weighted by Gasteiger charge is 2.11. The number of amides is 1. The van der Waals surface area contributed by atoms with Gasteiger partial charge in [-0.05, 0) is 26.8 Å². The van der Waals surface area contributed by atoms with Crippen LogP contribution in [-0.4, -0.2) is 54.3 Å². The number of aliphatic imine (C=N–C) groups is 1. The molecule has 3 aromatic heterocycles. The SMILES string of the molecule is Cc1cc(C)nc(NC(=NCCc2cnc[nH]2)NC(=O)CSc2nnc(C)s2)n1. The zero-order valence-electron chi connectivity index (χ0n) is 16.3. The van der Waals surface area contributed by atoms with E-state index in [1.807, 2.05) is 26.8 Å². The van der Waals surface area contributed by atoms with E-state index < -0.39 is 0 Å². The van der Waals surface area contributed by atoms with E-state index in [2.05, 4.69) is 45.8 Å². The van der Waals surface area contributed by atoms with Gasteiger partial charge in [0.05, 0.1) is 12.1 Å². The summed E-state index contributed by atoms with van der Waals surface area (Å²) >= 11 is 2.78. The molecule has 0 aliphatic carbocycles. The Labute approximate surface area is 176 Å². The van der Waals surface area contributed by atoms with Gasteiger partial charge in [0.15, 0.2) is 4.34 Å². The van der Waals surface area contributed by atoms with Gasteiger partial charge in [-0.25, -0.2) is 15.0 Å². The van der Waals surface area contributed by atoms with Crippen molar-refractivity contribution in [2.75, 3.05) is 17.6 Å². The highest BCUT2D eigenvalue weighted by molar-refractivity contribution is 8.01. The standard InChI is InChI=1S/C17H21N9OS2/c1-10-6-11(2)22-16(21-10)24-15(19-5-4-13-7-18-9-20-13)23-14(27)8-28-17-26-25-12(3)29-17/h6-7,9H,4-5,8H2,1-3H3,(H,18,20)(H2,19,21,22,23,24,27). The third-order valence-corrected chi connectivity index (χ3v) is 5.48. The van der Waals surface area contributed by atoms with Crippen LogP contribution in [0, 0.1) is 20.8 Å². The Morgan fingerprint density at radius 2 is 2.03 bits per heavy atom. The van der Waals surface area contributed by atoms with Gasteiger partial charge in [-0.1, -0.05) is 23.1 Å². The Bertz CT molecular complexity index is 964. The predicted octanol–water partition coefficient (Wildman–Crippen LogP) is 1.90. The number of carbonyl (C=O) groups excluding carboxylic acids is 1. The van der Waals surface area contributed by atoms with E-state index in [0.717, 1.165) is 26.4 Å². The molecule has 0 atom stereocenters. The van der Waals surface area contributed by atoms with E-state index >= 15 is 0 Å². The molecule has 0 aliphatic rings. The lowest BCUT2D eigenvalue weighted by Crippen LogP contribution is -2.38. The molecule has 1 amide bonds. The third-order valence-electron chi connectivity index (χ3n) is 3.51. The maximum Gasteiger partial charge on any atom is 0.237 e. The second-order valence-corrected chi connectivity index (χ2v) is 8.48. The minimum Gasteiger partial charge on any atom is -0.348 e. The Morgan fingerprint density at radius 3 is 2.69 bits per heavy atom. The van der Waals surface area contributed by atoms with Crippen LogP contribution in [0.1, 0.15) is 22.1 Å². The number of aromatic nitrogens is 6. The van der Waals surface area contributed by atoms with E-state index in [9.17, 15) is 4.79 Å². The molecule has 0 bridgehead atoms. The number of thioether (sulfide) groups is 1. The van der Waals surface area contributed by atoms with Gasteiger partial charge in [0.2, 0.25) is 17.8 Å². The molecule has 3 N–H and O–H groups in total. The number of imidazole rings is 1. The van der Waals surface area contributed by atoms with E-state index in [4.69, 9.17) is 0 Å². The number of anilines is 1. The molecule has 152 valence electrons. The second-order valence-electron chi connectivity index (χ2n) is 6.08. The summed E-state index contributed by atoms with van der Waals surface area (Å²) in [5.41, 5.74) is 2.61. The van der Waals surface area contributed by atoms with E-state index in [-0.39, 0.29) is 11.7 Å². The molecule has 12 heteroatoms. The van der Waals surface area contributed by atoms with Gasteiger partial charge in [-0.3, -0.25) is 20.4 Å². The van der Waals surface area contributed by atoms with Gasteiger partial charge in [-0.2, -0.15) is 0 Å². The molecule has 3 aromatic rings. The predicted molar refractivity (Wildman–Crippen MR) is 113 cm³/mol. The molecular formula is C17H21N9OS2. The van der Waals surface area contributed by atoms with Crippen LogP contribution in [0.2, 0.25) is 0 Å². The molecule has 29 heavy (non-hydrogen) atoms. The smallest absolute Gasteiger partial charge is 0.237 e. The number of nitrogens with zero attached hydrogens (tertiary/aromatic N) is 6. The number of carbonyl (C=O) groups is 1. The Kier molecular flexibility index (Phi) is 7.25. The molecule has 0 saturated heterocycles. The molecule has 0 unspecified atom stereocenters. The highest BCUT2D eigenvalue weighted by Crippen LogP contribution is 2.21. The summed E-state index contributed by atoms with van der Waals surface area (Å²) in [7, 11) is 0. The van der Waals surface area contributed by atoms with Crippen molar-refractivity contribution in [1.82, 2.24) is 35.5 Å². The fraction of sp³-hybridized carbons (Fsp3) is 0.353. The summed E-state index contributed by atoms with van der Waals surface area (Å²) in [6.45, 7) is 6.10. The lowest BCUT2D eigenvalue weighted by molar-refractivity contribution is -0.117. The molecule has 0 aromatic carbocycles. The molecule has 3 heterocycles. The van der Waals surface area contributed by atoms with E-state index in [1.54, 1.807) is 12.5 Å². The lowest BCUT2D eigenvalue weighted by atomic mass is 10.3. The summed E-state index contributed by atoms with van der Waals surface area (Å²) < 4.78 is 0.751. The van der Waals surface area contributed by atoms with Crippen LogP contribution in [-0.2, 0) is 11.2 Å². The molecule has 0 saturated carbocycles. The largest absolute Gasteiger partial charge is 0.348 e. The average molecular weight is 432 g/mol. The third kappa shape index (κ3) is 6.91. The number of hydrogen-bond donors (Lipinski definition) is 3. The van der Waals surface area contributed by atoms with Crippen molar-refractivity contribution >= 4 is 40.9 Å². The molecular weight excluding hydrogens is 410 g/mol. The minimum absolute atomic E-state index is 0.198. The number of hydrogen-bond acceptors (Lipinski definition) is 9. The number of aromatic amines is 1. The van der Waals surface area contributed by atoms with Gasteiger partial charge < -0.3 is 4.98 Å². The van der Waals surface area contributed by atoms with Gasteiger partial charge in [0.1, 0.15) is 5.01 Å². The molecule has 10 nitrogen and oxygen atoms in total. The van der Waals surface area contributed by atoms with Crippen LogP contribution in [0.15, 0.2) is 27.9 Å². The first-order valence-corrected chi connectivity index (χ1v) is 10.6. The van der Waals surface area contributed by atoms with Gasteiger partial charge in [-0.15, -0.1) is 10.2 Å². The average Bonchev–Trinajstić information content (AvgIpc) is 3.30. The summed E-state index contributed by atoms with van der Waals surface area (Å²) in [5, 5.41) is 14.6. The van der Waals surface area contributed by atoms with Crippen molar-refractivity contribution in [3.63, 3.8) is 0 Å². The van der Waals surface area contributed by atoms with Gasteiger partial charge in [0, 0.05) is 36.2 Å². The first-order chi connectivity index (χ1) is 14.0. The Hall–Kier alpha value is -2.86.